The molecular weight excluding hydrogens is 148 g/mol. The van der Waals surface area contributed by atoms with E-state index in [-0.39, 0.29) is 0 Å². The van der Waals surface area contributed by atoms with Gasteiger partial charge in [-0.05, 0) is 18.9 Å². The minimum absolute atomic E-state index is 0.396. The molecule has 0 aliphatic carbocycles. The lowest BCUT2D eigenvalue weighted by Gasteiger charge is -2.13. The summed E-state index contributed by atoms with van der Waals surface area (Å²) in [6, 6.07) is 10.6. The average Bonchev–Trinajstić information content (AvgIpc) is 2.53. The number of rotatable bonds is 1. The maximum absolute atomic E-state index is 5.52. The Morgan fingerprint density at radius 1 is 1.25 bits per heavy atom. The minimum atomic E-state index is 0.396. The molecule has 1 fully saturated rings. The van der Waals surface area contributed by atoms with Crippen LogP contribution in [-0.4, -0.2) is 12.7 Å². The quantitative estimate of drug-likeness (QED) is 0.616. The van der Waals surface area contributed by atoms with Crippen molar-refractivity contribution in [2.24, 2.45) is 0 Å². The van der Waals surface area contributed by atoms with E-state index in [9.17, 15) is 0 Å². The molecule has 0 radical (unpaired) electrons. The molecule has 1 aromatic carbocycles. The molecule has 1 heterocycles. The van der Waals surface area contributed by atoms with Crippen molar-refractivity contribution in [1.29, 1.82) is 0 Å². The molecule has 1 aromatic rings. The van der Waals surface area contributed by atoms with Gasteiger partial charge in [-0.15, -0.1) is 0 Å². The average molecular weight is 162 g/mol. The van der Waals surface area contributed by atoms with E-state index in [1.54, 1.807) is 0 Å². The molecule has 0 saturated carbocycles. The number of hydrogen-bond acceptors (Lipinski definition) is 1. The van der Waals surface area contributed by atoms with E-state index >= 15 is 0 Å². The SMILES string of the molecule is C[C@@H]1OCC[C@@H]1c1ccccc1. The summed E-state index contributed by atoms with van der Waals surface area (Å²) < 4.78 is 5.52. The fourth-order valence-electron chi connectivity index (χ4n) is 1.87. The second kappa shape index (κ2) is 3.28. The predicted octanol–water partition coefficient (Wildman–Crippen LogP) is 2.58. The Bertz CT molecular complexity index is 242. The first-order valence-corrected chi connectivity index (χ1v) is 4.54. The molecule has 2 atom stereocenters. The molecule has 1 heteroatoms. The highest BCUT2D eigenvalue weighted by Crippen LogP contribution is 2.30. The fraction of sp³-hybridized carbons (Fsp3) is 0.455. The summed E-state index contributed by atoms with van der Waals surface area (Å²) in [5.41, 5.74) is 1.42. The van der Waals surface area contributed by atoms with Crippen LogP contribution in [0.5, 0.6) is 0 Å². The Morgan fingerprint density at radius 3 is 2.58 bits per heavy atom. The van der Waals surface area contributed by atoms with Crippen molar-refractivity contribution in [1.82, 2.24) is 0 Å². The summed E-state index contributed by atoms with van der Waals surface area (Å²) in [6.07, 6.45) is 1.57. The highest BCUT2D eigenvalue weighted by atomic mass is 16.5. The highest BCUT2D eigenvalue weighted by Gasteiger charge is 2.24. The Kier molecular flexibility index (Phi) is 2.13. The van der Waals surface area contributed by atoms with Gasteiger partial charge in [0.05, 0.1) is 6.10 Å². The molecule has 1 nitrogen and oxygen atoms in total. The van der Waals surface area contributed by atoms with E-state index in [1.165, 1.54) is 12.0 Å². The topological polar surface area (TPSA) is 9.23 Å². The molecule has 1 saturated heterocycles. The van der Waals surface area contributed by atoms with Crippen LogP contribution in [0, 0.1) is 0 Å². The van der Waals surface area contributed by atoms with Crippen molar-refractivity contribution in [3.8, 4) is 0 Å². The molecule has 1 aliphatic heterocycles. The largest absolute Gasteiger partial charge is 0.378 e. The molecule has 64 valence electrons. The number of hydrogen-bond donors (Lipinski definition) is 0. The van der Waals surface area contributed by atoms with E-state index in [1.807, 2.05) is 0 Å². The Balaban J connectivity index is 2.19. The van der Waals surface area contributed by atoms with Crippen LogP contribution in [0.15, 0.2) is 30.3 Å². The van der Waals surface area contributed by atoms with Gasteiger partial charge < -0.3 is 4.74 Å². The summed E-state index contributed by atoms with van der Waals surface area (Å²) >= 11 is 0. The van der Waals surface area contributed by atoms with Gasteiger partial charge in [0, 0.05) is 12.5 Å². The monoisotopic (exact) mass is 162 g/mol. The molecule has 0 N–H and O–H groups in total. The third-order valence-electron chi connectivity index (χ3n) is 2.60. The zero-order chi connectivity index (χ0) is 8.39. The lowest BCUT2D eigenvalue weighted by Crippen LogP contribution is -2.08. The summed E-state index contributed by atoms with van der Waals surface area (Å²) in [5, 5.41) is 0. The van der Waals surface area contributed by atoms with Gasteiger partial charge in [-0.2, -0.15) is 0 Å². The third kappa shape index (κ3) is 1.37. The first-order chi connectivity index (χ1) is 5.88. The normalized spacial score (nSPS) is 29.1. The molecule has 0 amide bonds. The van der Waals surface area contributed by atoms with Crippen LogP contribution in [0.1, 0.15) is 24.8 Å². The lowest BCUT2D eigenvalue weighted by molar-refractivity contribution is 0.118. The predicted molar refractivity (Wildman–Crippen MR) is 49.2 cm³/mol. The second-order valence-electron chi connectivity index (χ2n) is 3.38. The zero-order valence-electron chi connectivity index (χ0n) is 7.36. The van der Waals surface area contributed by atoms with Gasteiger partial charge >= 0.3 is 0 Å². The molecule has 0 bridgehead atoms. The molecule has 1 aliphatic rings. The summed E-state index contributed by atoms with van der Waals surface area (Å²) in [6.45, 7) is 3.07. The van der Waals surface area contributed by atoms with Gasteiger partial charge in [0.25, 0.3) is 0 Å². The number of ether oxygens (including phenoxy) is 1. The van der Waals surface area contributed by atoms with Crippen molar-refractivity contribution in [2.45, 2.75) is 25.4 Å². The van der Waals surface area contributed by atoms with Crippen molar-refractivity contribution in [3.05, 3.63) is 35.9 Å². The Labute approximate surface area is 73.4 Å². The van der Waals surface area contributed by atoms with E-state index in [4.69, 9.17) is 4.74 Å². The van der Waals surface area contributed by atoms with E-state index in [2.05, 4.69) is 37.3 Å². The zero-order valence-corrected chi connectivity index (χ0v) is 7.36. The highest BCUT2D eigenvalue weighted by molar-refractivity contribution is 5.21. The van der Waals surface area contributed by atoms with Crippen molar-refractivity contribution in [2.75, 3.05) is 6.61 Å². The maximum atomic E-state index is 5.52. The molecule has 0 unspecified atom stereocenters. The first kappa shape index (κ1) is 7.81. The smallest absolute Gasteiger partial charge is 0.0616 e. The van der Waals surface area contributed by atoms with Gasteiger partial charge in [0.15, 0.2) is 0 Å². The molecule has 0 spiro atoms. The van der Waals surface area contributed by atoms with Gasteiger partial charge in [0.1, 0.15) is 0 Å². The molecular formula is C11H14O. The van der Waals surface area contributed by atoms with Crippen molar-refractivity contribution in [3.63, 3.8) is 0 Å². The summed E-state index contributed by atoms with van der Waals surface area (Å²) in [7, 11) is 0. The number of benzene rings is 1. The van der Waals surface area contributed by atoms with Crippen LogP contribution in [0.25, 0.3) is 0 Å². The van der Waals surface area contributed by atoms with E-state index < -0.39 is 0 Å². The summed E-state index contributed by atoms with van der Waals surface area (Å²) in [5.74, 6) is 0.617. The van der Waals surface area contributed by atoms with Crippen LogP contribution in [0.3, 0.4) is 0 Å². The summed E-state index contributed by atoms with van der Waals surface area (Å²) in [4.78, 5) is 0. The standard InChI is InChI=1S/C11H14O/c1-9-11(7-8-12-9)10-5-3-2-4-6-10/h2-6,9,11H,7-8H2,1H3/t9-,11-/m0/s1. The molecule has 12 heavy (non-hydrogen) atoms. The van der Waals surface area contributed by atoms with Crippen LogP contribution < -0.4 is 0 Å². The second-order valence-corrected chi connectivity index (χ2v) is 3.38. The first-order valence-electron chi connectivity index (χ1n) is 4.54. The maximum Gasteiger partial charge on any atom is 0.0616 e. The van der Waals surface area contributed by atoms with Crippen molar-refractivity contribution < 1.29 is 4.74 Å². The lowest BCUT2D eigenvalue weighted by atomic mass is 9.94. The van der Waals surface area contributed by atoms with Gasteiger partial charge in [-0.25, -0.2) is 0 Å². The van der Waals surface area contributed by atoms with E-state index in [0.717, 1.165) is 6.61 Å². The van der Waals surface area contributed by atoms with Crippen LogP contribution in [0.4, 0.5) is 0 Å². The van der Waals surface area contributed by atoms with Gasteiger partial charge in [-0.1, -0.05) is 30.3 Å². The minimum Gasteiger partial charge on any atom is -0.378 e. The molecule has 0 aromatic heterocycles. The van der Waals surface area contributed by atoms with Crippen LogP contribution in [-0.2, 0) is 4.74 Å². The Morgan fingerprint density at radius 2 is 2.00 bits per heavy atom. The van der Waals surface area contributed by atoms with Gasteiger partial charge in [0.2, 0.25) is 0 Å². The van der Waals surface area contributed by atoms with Crippen LogP contribution >= 0.6 is 0 Å². The Hall–Kier alpha value is -0.820. The van der Waals surface area contributed by atoms with E-state index in [0.29, 0.717) is 12.0 Å². The van der Waals surface area contributed by atoms with Crippen LogP contribution in [0.2, 0.25) is 0 Å². The van der Waals surface area contributed by atoms with Crippen molar-refractivity contribution >= 4 is 0 Å². The third-order valence-corrected chi connectivity index (χ3v) is 2.60. The molecule has 2 rings (SSSR count). The fourth-order valence-corrected chi connectivity index (χ4v) is 1.87. The van der Waals surface area contributed by atoms with Gasteiger partial charge in [-0.3, -0.25) is 0 Å².